The lowest BCUT2D eigenvalue weighted by Crippen LogP contribution is -2.34. The molecule has 2 aromatic rings. The summed E-state index contributed by atoms with van der Waals surface area (Å²) in [5.74, 6) is -0.305. The van der Waals surface area contributed by atoms with Gasteiger partial charge in [-0.3, -0.25) is 14.9 Å². The quantitative estimate of drug-likeness (QED) is 0.408. The Balaban J connectivity index is 1.90. The minimum Gasteiger partial charge on any atom is -0.332 e. The second-order valence-corrected chi connectivity index (χ2v) is 7.33. The Morgan fingerprint density at radius 1 is 1.00 bits per heavy atom. The highest BCUT2D eigenvalue weighted by Gasteiger charge is 2.09. The minimum atomic E-state index is -0.297. The number of nitrogens with one attached hydrogen (secondary N) is 3. The van der Waals surface area contributed by atoms with Crippen LogP contribution in [0.15, 0.2) is 53.0 Å². The molecule has 142 valence electrons. The molecule has 0 bridgehead atoms. The molecule has 0 saturated heterocycles. The SMILES string of the molecule is CCCCCC(=O)Nc1cccc(NC(=S)NC(=O)c2cccc(Br)c2)c1. The summed E-state index contributed by atoms with van der Waals surface area (Å²) in [4.78, 5) is 24.2. The molecular formula is C20H22BrN3O2S. The minimum absolute atomic E-state index is 0.00821. The number of hydrogen-bond donors (Lipinski definition) is 3. The predicted molar refractivity (Wildman–Crippen MR) is 117 cm³/mol. The van der Waals surface area contributed by atoms with Crippen LogP contribution in [0.1, 0.15) is 43.0 Å². The molecule has 2 aromatic carbocycles. The third-order valence-corrected chi connectivity index (χ3v) is 4.42. The first-order valence-electron chi connectivity index (χ1n) is 8.75. The van der Waals surface area contributed by atoms with E-state index in [0.29, 0.717) is 23.4 Å². The van der Waals surface area contributed by atoms with Gasteiger partial charge in [-0.15, -0.1) is 0 Å². The van der Waals surface area contributed by atoms with Crippen molar-refractivity contribution in [2.24, 2.45) is 0 Å². The molecule has 0 aliphatic heterocycles. The van der Waals surface area contributed by atoms with Crippen molar-refractivity contribution >= 4 is 56.4 Å². The topological polar surface area (TPSA) is 70.2 Å². The van der Waals surface area contributed by atoms with Crippen LogP contribution >= 0.6 is 28.1 Å². The van der Waals surface area contributed by atoms with E-state index in [1.54, 1.807) is 24.3 Å². The van der Waals surface area contributed by atoms with E-state index in [0.717, 1.165) is 23.7 Å². The van der Waals surface area contributed by atoms with Crippen LogP contribution < -0.4 is 16.0 Å². The molecular weight excluding hydrogens is 426 g/mol. The number of thiocarbonyl (C=S) groups is 1. The molecule has 0 unspecified atom stereocenters. The maximum absolute atomic E-state index is 12.2. The van der Waals surface area contributed by atoms with Crippen molar-refractivity contribution in [1.29, 1.82) is 0 Å². The summed E-state index contributed by atoms with van der Waals surface area (Å²) in [6.07, 6.45) is 3.51. The van der Waals surface area contributed by atoms with Crippen LogP contribution in [-0.4, -0.2) is 16.9 Å². The van der Waals surface area contributed by atoms with Crippen LogP contribution in [0.5, 0.6) is 0 Å². The highest BCUT2D eigenvalue weighted by molar-refractivity contribution is 9.10. The Bertz CT molecular complexity index is 826. The number of hydrogen-bond acceptors (Lipinski definition) is 3. The highest BCUT2D eigenvalue weighted by Crippen LogP contribution is 2.16. The number of carbonyl (C=O) groups excluding carboxylic acids is 2. The third kappa shape index (κ3) is 7.48. The van der Waals surface area contributed by atoms with E-state index in [9.17, 15) is 9.59 Å². The zero-order valence-electron chi connectivity index (χ0n) is 15.0. The smallest absolute Gasteiger partial charge is 0.257 e. The van der Waals surface area contributed by atoms with Gasteiger partial charge in [-0.25, -0.2) is 0 Å². The van der Waals surface area contributed by atoms with Gasteiger partial charge in [0.2, 0.25) is 5.91 Å². The first-order chi connectivity index (χ1) is 13.0. The molecule has 0 atom stereocenters. The summed E-state index contributed by atoms with van der Waals surface area (Å²) in [6.45, 7) is 2.10. The first kappa shape index (κ1) is 21.1. The Morgan fingerprint density at radius 3 is 2.41 bits per heavy atom. The number of unbranched alkanes of at least 4 members (excludes halogenated alkanes) is 2. The van der Waals surface area contributed by atoms with Gasteiger partial charge in [-0.05, 0) is 55.0 Å². The fraction of sp³-hybridized carbons (Fsp3) is 0.250. The van der Waals surface area contributed by atoms with E-state index in [1.807, 2.05) is 24.3 Å². The molecule has 0 spiro atoms. The molecule has 0 saturated carbocycles. The first-order valence-corrected chi connectivity index (χ1v) is 9.96. The van der Waals surface area contributed by atoms with Crippen molar-refractivity contribution in [1.82, 2.24) is 5.32 Å². The molecule has 0 fully saturated rings. The van der Waals surface area contributed by atoms with Crippen LogP contribution in [0.4, 0.5) is 11.4 Å². The average Bonchev–Trinajstić information content (AvgIpc) is 2.62. The van der Waals surface area contributed by atoms with Crippen molar-refractivity contribution in [3.05, 3.63) is 58.6 Å². The standard InChI is InChI=1S/C20H22BrN3O2S/c1-2-3-4-11-18(25)22-16-9-6-10-17(13-16)23-20(27)24-19(26)14-7-5-8-15(21)12-14/h5-10,12-13H,2-4,11H2,1H3,(H,22,25)(H2,23,24,26,27). The lowest BCUT2D eigenvalue weighted by molar-refractivity contribution is -0.116. The van der Waals surface area contributed by atoms with Gasteiger partial charge in [0.1, 0.15) is 0 Å². The summed E-state index contributed by atoms with van der Waals surface area (Å²) >= 11 is 8.54. The van der Waals surface area contributed by atoms with Gasteiger partial charge >= 0.3 is 0 Å². The third-order valence-electron chi connectivity index (χ3n) is 3.73. The van der Waals surface area contributed by atoms with Crippen molar-refractivity contribution in [2.75, 3.05) is 10.6 Å². The van der Waals surface area contributed by atoms with Gasteiger partial charge in [0.15, 0.2) is 5.11 Å². The zero-order chi connectivity index (χ0) is 19.6. The van der Waals surface area contributed by atoms with Crippen LogP contribution in [0.25, 0.3) is 0 Å². The van der Waals surface area contributed by atoms with Crippen LogP contribution in [-0.2, 0) is 4.79 Å². The van der Waals surface area contributed by atoms with Gasteiger partial charge in [0, 0.05) is 27.8 Å². The van der Waals surface area contributed by atoms with Gasteiger partial charge in [0.05, 0.1) is 0 Å². The van der Waals surface area contributed by atoms with Crippen molar-refractivity contribution in [3.63, 3.8) is 0 Å². The van der Waals surface area contributed by atoms with Crippen molar-refractivity contribution in [2.45, 2.75) is 32.6 Å². The van der Waals surface area contributed by atoms with E-state index in [2.05, 4.69) is 38.8 Å². The maximum Gasteiger partial charge on any atom is 0.257 e. The molecule has 7 heteroatoms. The van der Waals surface area contributed by atoms with Crippen LogP contribution in [0.2, 0.25) is 0 Å². The fourth-order valence-electron chi connectivity index (χ4n) is 2.40. The number of halogens is 1. The van der Waals surface area contributed by atoms with Crippen LogP contribution in [0, 0.1) is 0 Å². The van der Waals surface area contributed by atoms with Gasteiger partial charge in [-0.1, -0.05) is 47.8 Å². The number of amides is 2. The van der Waals surface area contributed by atoms with Crippen molar-refractivity contribution in [3.8, 4) is 0 Å². The molecule has 2 amide bonds. The predicted octanol–water partition coefficient (Wildman–Crippen LogP) is 5.09. The summed E-state index contributed by atoms with van der Waals surface area (Å²) in [6, 6.07) is 14.2. The largest absolute Gasteiger partial charge is 0.332 e. The second kappa shape index (κ2) is 10.8. The molecule has 27 heavy (non-hydrogen) atoms. The molecule has 5 nitrogen and oxygen atoms in total. The fourth-order valence-corrected chi connectivity index (χ4v) is 3.01. The molecule has 0 aliphatic carbocycles. The molecule has 0 aliphatic rings. The summed E-state index contributed by atoms with van der Waals surface area (Å²) in [7, 11) is 0. The zero-order valence-corrected chi connectivity index (χ0v) is 17.5. The van der Waals surface area contributed by atoms with E-state index in [4.69, 9.17) is 12.2 Å². The monoisotopic (exact) mass is 447 g/mol. The molecule has 0 heterocycles. The maximum atomic E-state index is 12.2. The normalized spacial score (nSPS) is 10.1. The Morgan fingerprint density at radius 2 is 1.70 bits per heavy atom. The average molecular weight is 448 g/mol. The Hall–Kier alpha value is -2.25. The Kier molecular flexibility index (Phi) is 8.42. The van der Waals surface area contributed by atoms with Crippen LogP contribution in [0.3, 0.4) is 0 Å². The summed E-state index contributed by atoms with van der Waals surface area (Å²) in [5, 5.41) is 8.66. The Labute approximate surface area is 173 Å². The van der Waals surface area contributed by atoms with E-state index < -0.39 is 0 Å². The summed E-state index contributed by atoms with van der Waals surface area (Å²) < 4.78 is 0.816. The highest BCUT2D eigenvalue weighted by atomic mass is 79.9. The number of benzene rings is 2. The van der Waals surface area contributed by atoms with Crippen molar-refractivity contribution < 1.29 is 9.59 Å². The van der Waals surface area contributed by atoms with E-state index in [1.165, 1.54) is 0 Å². The lowest BCUT2D eigenvalue weighted by Gasteiger charge is -2.11. The molecule has 0 aromatic heterocycles. The van der Waals surface area contributed by atoms with E-state index in [-0.39, 0.29) is 16.9 Å². The molecule has 2 rings (SSSR count). The van der Waals surface area contributed by atoms with Gasteiger partial charge in [-0.2, -0.15) is 0 Å². The van der Waals surface area contributed by atoms with Gasteiger partial charge in [0.25, 0.3) is 5.91 Å². The summed E-state index contributed by atoms with van der Waals surface area (Å²) in [5.41, 5.74) is 1.87. The number of anilines is 2. The molecule has 0 radical (unpaired) electrons. The second-order valence-electron chi connectivity index (χ2n) is 6.00. The van der Waals surface area contributed by atoms with E-state index >= 15 is 0 Å². The van der Waals surface area contributed by atoms with Gasteiger partial charge < -0.3 is 10.6 Å². The number of rotatable bonds is 7. The lowest BCUT2D eigenvalue weighted by atomic mass is 10.2. The number of carbonyl (C=O) groups is 2. The molecule has 3 N–H and O–H groups in total.